The molecule has 2 aliphatic heterocycles. The molecule has 2 aliphatic rings. The predicted octanol–water partition coefficient (Wildman–Crippen LogP) is 1.64. The van der Waals surface area contributed by atoms with Crippen LogP contribution in [0.2, 0.25) is 0 Å². The summed E-state index contributed by atoms with van der Waals surface area (Å²) in [7, 11) is 0. The van der Waals surface area contributed by atoms with Gasteiger partial charge in [0.05, 0.1) is 24.9 Å². The van der Waals surface area contributed by atoms with E-state index in [9.17, 15) is 0 Å². The van der Waals surface area contributed by atoms with Crippen molar-refractivity contribution < 1.29 is 9.47 Å². The largest absolute Gasteiger partial charge is 0.376 e. The van der Waals surface area contributed by atoms with E-state index in [2.05, 4.69) is 31.0 Å². The normalized spacial score (nSPS) is 36.8. The molecule has 0 aromatic carbocycles. The van der Waals surface area contributed by atoms with Crippen LogP contribution < -0.4 is 5.32 Å². The van der Waals surface area contributed by atoms with E-state index in [0.717, 1.165) is 32.8 Å². The molecule has 4 unspecified atom stereocenters. The van der Waals surface area contributed by atoms with Crippen molar-refractivity contribution in [1.29, 1.82) is 0 Å². The molecule has 2 heterocycles. The summed E-state index contributed by atoms with van der Waals surface area (Å²) in [5.41, 5.74) is 0. The van der Waals surface area contributed by atoms with Crippen molar-refractivity contribution in [3.63, 3.8) is 0 Å². The topological polar surface area (TPSA) is 33.7 Å². The van der Waals surface area contributed by atoms with E-state index in [-0.39, 0.29) is 0 Å². The molecule has 2 fully saturated rings. The third kappa shape index (κ3) is 4.71. The second-order valence-electron chi connectivity index (χ2n) is 6.11. The maximum atomic E-state index is 6.15. The quantitative estimate of drug-likeness (QED) is 0.744. The molecular formula is C15H30N2O2. The highest BCUT2D eigenvalue weighted by atomic mass is 16.5. The van der Waals surface area contributed by atoms with Crippen molar-refractivity contribution in [3.8, 4) is 0 Å². The molecule has 19 heavy (non-hydrogen) atoms. The standard InChI is InChI=1S/C15H30N2O2/c1-4-7-16-8-14-5-6-15(19-14)10-17-9-13(3)18-11-12(17)2/h12-16H,4-11H2,1-3H3. The second kappa shape index (κ2) is 7.58. The van der Waals surface area contributed by atoms with Gasteiger partial charge in [-0.1, -0.05) is 6.92 Å². The minimum atomic E-state index is 0.361. The van der Waals surface area contributed by atoms with Crippen LogP contribution in [0.25, 0.3) is 0 Å². The van der Waals surface area contributed by atoms with Gasteiger partial charge in [-0.3, -0.25) is 4.90 Å². The van der Waals surface area contributed by atoms with Crippen LogP contribution in [0.15, 0.2) is 0 Å². The lowest BCUT2D eigenvalue weighted by atomic mass is 10.1. The van der Waals surface area contributed by atoms with Gasteiger partial charge >= 0.3 is 0 Å². The van der Waals surface area contributed by atoms with Crippen molar-refractivity contribution in [1.82, 2.24) is 10.2 Å². The van der Waals surface area contributed by atoms with Crippen LogP contribution in [-0.2, 0) is 9.47 Å². The first-order valence-corrected chi connectivity index (χ1v) is 7.90. The molecular weight excluding hydrogens is 240 g/mol. The van der Waals surface area contributed by atoms with E-state index in [1.54, 1.807) is 0 Å². The summed E-state index contributed by atoms with van der Waals surface area (Å²) in [5.74, 6) is 0. The fourth-order valence-corrected chi connectivity index (χ4v) is 2.99. The molecule has 0 radical (unpaired) electrons. The SMILES string of the molecule is CCCNCC1CCC(CN2CC(C)OCC2C)O1. The van der Waals surface area contributed by atoms with Gasteiger partial charge in [0, 0.05) is 25.7 Å². The molecule has 1 N–H and O–H groups in total. The van der Waals surface area contributed by atoms with Crippen molar-refractivity contribution in [2.45, 2.75) is 64.4 Å². The Morgan fingerprint density at radius 2 is 2.00 bits per heavy atom. The zero-order valence-corrected chi connectivity index (χ0v) is 12.7. The molecule has 0 bridgehead atoms. The van der Waals surface area contributed by atoms with Gasteiger partial charge in [0.1, 0.15) is 0 Å². The summed E-state index contributed by atoms with van der Waals surface area (Å²) >= 11 is 0. The first kappa shape index (κ1) is 15.2. The Labute approximate surface area is 117 Å². The lowest BCUT2D eigenvalue weighted by Gasteiger charge is -2.38. The summed E-state index contributed by atoms with van der Waals surface area (Å²) in [6.07, 6.45) is 4.80. The smallest absolute Gasteiger partial charge is 0.0707 e. The average molecular weight is 270 g/mol. The number of nitrogens with zero attached hydrogens (tertiary/aromatic N) is 1. The first-order valence-electron chi connectivity index (χ1n) is 7.90. The van der Waals surface area contributed by atoms with Crippen molar-refractivity contribution >= 4 is 0 Å². The van der Waals surface area contributed by atoms with Crippen LogP contribution >= 0.6 is 0 Å². The molecule has 0 spiro atoms. The van der Waals surface area contributed by atoms with Crippen molar-refractivity contribution in [2.24, 2.45) is 0 Å². The molecule has 0 aromatic heterocycles. The van der Waals surface area contributed by atoms with Crippen LogP contribution in [0.3, 0.4) is 0 Å². The lowest BCUT2D eigenvalue weighted by molar-refractivity contribution is -0.0690. The van der Waals surface area contributed by atoms with Gasteiger partial charge in [-0.05, 0) is 39.7 Å². The van der Waals surface area contributed by atoms with Gasteiger partial charge in [-0.2, -0.15) is 0 Å². The Bertz CT molecular complexity index is 263. The number of morpholine rings is 1. The van der Waals surface area contributed by atoms with E-state index in [1.165, 1.54) is 19.3 Å². The second-order valence-corrected chi connectivity index (χ2v) is 6.11. The molecule has 2 rings (SSSR count). The minimum Gasteiger partial charge on any atom is -0.376 e. The van der Waals surface area contributed by atoms with E-state index in [1.807, 2.05) is 0 Å². The number of nitrogens with one attached hydrogen (secondary N) is 1. The summed E-state index contributed by atoms with van der Waals surface area (Å²) in [6, 6.07) is 0.525. The summed E-state index contributed by atoms with van der Waals surface area (Å²) in [4.78, 5) is 2.53. The molecule has 0 amide bonds. The third-order valence-electron chi connectivity index (χ3n) is 4.17. The maximum Gasteiger partial charge on any atom is 0.0707 e. The molecule has 2 saturated heterocycles. The van der Waals surface area contributed by atoms with E-state index in [4.69, 9.17) is 9.47 Å². The molecule has 0 aromatic rings. The van der Waals surface area contributed by atoms with Gasteiger partial charge in [0.25, 0.3) is 0 Å². The zero-order valence-electron chi connectivity index (χ0n) is 12.7. The third-order valence-corrected chi connectivity index (χ3v) is 4.17. The van der Waals surface area contributed by atoms with Gasteiger partial charge in [0.15, 0.2) is 0 Å². The Hall–Kier alpha value is -0.160. The van der Waals surface area contributed by atoms with Crippen molar-refractivity contribution in [3.05, 3.63) is 0 Å². The van der Waals surface area contributed by atoms with Gasteiger partial charge in [-0.15, -0.1) is 0 Å². The van der Waals surface area contributed by atoms with Gasteiger partial charge in [-0.25, -0.2) is 0 Å². The number of rotatable bonds is 6. The Balaban J connectivity index is 1.69. The minimum absolute atomic E-state index is 0.361. The van der Waals surface area contributed by atoms with E-state index >= 15 is 0 Å². The Morgan fingerprint density at radius 1 is 1.21 bits per heavy atom. The number of hydrogen-bond acceptors (Lipinski definition) is 4. The van der Waals surface area contributed by atoms with E-state index < -0.39 is 0 Å². The monoisotopic (exact) mass is 270 g/mol. The lowest BCUT2D eigenvalue weighted by Crippen LogP contribution is -2.50. The highest BCUT2D eigenvalue weighted by molar-refractivity contribution is 4.82. The van der Waals surface area contributed by atoms with Crippen LogP contribution in [0.1, 0.15) is 40.0 Å². The highest BCUT2D eigenvalue weighted by Gasteiger charge is 2.30. The highest BCUT2D eigenvalue weighted by Crippen LogP contribution is 2.22. The van der Waals surface area contributed by atoms with Gasteiger partial charge < -0.3 is 14.8 Å². The molecule has 0 aliphatic carbocycles. The average Bonchev–Trinajstić information content (AvgIpc) is 2.82. The maximum absolute atomic E-state index is 6.15. The molecule has 4 atom stereocenters. The predicted molar refractivity (Wildman–Crippen MR) is 77.5 cm³/mol. The van der Waals surface area contributed by atoms with Crippen LogP contribution in [-0.4, -0.2) is 62.0 Å². The summed E-state index contributed by atoms with van der Waals surface area (Å²) in [5, 5.41) is 3.46. The van der Waals surface area contributed by atoms with Crippen LogP contribution in [0.5, 0.6) is 0 Å². The van der Waals surface area contributed by atoms with E-state index in [0.29, 0.717) is 24.4 Å². The number of hydrogen-bond donors (Lipinski definition) is 1. The Kier molecular flexibility index (Phi) is 6.07. The fourth-order valence-electron chi connectivity index (χ4n) is 2.99. The fraction of sp³-hybridized carbons (Fsp3) is 1.00. The van der Waals surface area contributed by atoms with Crippen molar-refractivity contribution in [2.75, 3.05) is 32.8 Å². The molecule has 0 saturated carbocycles. The zero-order chi connectivity index (χ0) is 13.7. The van der Waals surface area contributed by atoms with Crippen LogP contribution in [0, 0.1) is 0 Å². The summed E-state index contributed by atoms with van der Waals surface area (Å²) in [6.45, 7) is 11.7. The molecule has 4 nitrogen and oxygen atoms in total. The van der Waals surface area contributed by atoms with Gasteiger partial charge in [0.2, 0.25) is 0 Å². The first-order chi connectivity index (χ1) is 9.19. The molecule has 112 valence electrons. The summed E-state index contributed by atoms with van der Waals surface area (Å²) < 4.78 is 11.8. The Morgan fingerprint density at radius 3 is 2.79 bits per heavy atom. The number of ether oxygens (including phenoxy) is 2. The molecule has 4 heteroatoms. The van der Waals surface area contributed by atoms with Crippen LogP contribution in [0.4, 0.5) is 0 Å².